The van der Waals surface area contributed by atoms with Gasteiger partial charge in [0, 0.05) is 0 Å². The van der Waals surface area contributed by atoms with Gasteiger partial charge in [-0.15, -0.1) is 0 Å². The van der Waals surface area contributed by atoms with E-state index in [1.54, 1.807) is 6.07 Å². The molecule has 0 radical (unpaired) electrons. The van der Waals surface area contributed by atoms with Gasteiger partial charge in [0.15, 0.2) is 0 Å². The molecule has 0 aliphatic heterocycles. The minimum atomic E-state index is -4.12. The molecular weight excluding hydrogens is 199 g/mol. The van der Waals surface area contributed by atoms with Crippen LogP contribution < -0.4 is 5.30 Å². The summed E-state index contributed by atoms with van der Waals surface area (Å²) in [5.74, 6) is 0. The Hall–Kier alpha value is -1.15. The Kier molecular flexibility index (Phi) is 2.16. The van der Waals surface area contributed by atoms with Gasteiger partial charge < -0.3 is 9.79 Å². The van der Waals surface area contributed by atoms with Crippen molar-refractivity contribution in [3.05, 3.63) is 42.5 Å². The van der Waals surface area contributed by atoms with Crippen molar-refractivity contribution in [2.75, 3.05) is 0 Å². The molecule has 0 saturated heterocycles. The van der Waals surface area contributed by atoms with Gasteiger partial charge in [0.25, 0.3) is 0 Å². The number of benzene rings is 2. The van der Waals surface area contributed by atoms with E-state index in [1.807, 2.05) is 24.3 Å². The molecule has 0 aliphatic rings. The van der Waals surface area contributed by atoms with Crippen molar-refractivity contribution in [3.8, 4) is 0 Å². The summed E-state index contributed by atoms with van der Waals surface area (Å²) in [5.41, 5.74) is 0. The highest BCUT2D eigenvalue weighted by Gasteiger charge is 2.16. The molecule has 0 saturated carbocycles. The highest BCUT2D eigenvalue weighted by atomic mass is 31.2. The third-order valence-corrected chi connectivity index (χ3v) is 3.02. The van der Waals surface area contributed by atoms with Gasteiger partial charge in [-0.3, -0.25) is 4.57 Å². The zero-order valence-electron chi connectivity index (χ0n) is 7.29. The normalized spacial score (nSPS) is 11.9. The van der Waals surface area contributed by atoms with Gasteiger partial charge in [-0.25, -0.2) is 0 Å². The Morgan fingerprint density at radius 3 is 2.21 bits per heavy atom. The van der Waals surface area contributed by atoms with E-state index in [1.165, 1.54) is 12.1 Å². The number of rotatable bonds is 1. The molecule has 0 aromatic heterocycles. The lowest BCUT2D eigenvalue weighted by atomic mass is 10.1. The van der Waals surface area contributed by atoms with Crippen LogP contribution in [0.15, 0.2) is 42.5 Å². The van der Waals surface area contributed by atoms with Gasteiger partial charge in [-0.1, -0.05) is 30.3 Å². The second kappa shape index (κ2) is 3.21. The van der Waals surface area contributed by atoms with Gasteiger partial charge in [0.1, 0.15) is 0 Å². The average molecular weight is 208 g/mol. The SMILES string of the molecule is O=P(O)(O)c1ccc2ccccc2c1. The molecule has 0 atom stereocenters. The van der Waals surface area contributed by atoms with Gasteiger partial charge >= 0.3 is 7.60 Å². The first-order valence-corrected chi connectivity index (χ1v) is 5.73. The van der Waals surface area contributed by atoms with Crippen molar-refractivity contribution in [2.45, 2.75) is 0 Å². The lowest BCUT2D eigenvalue weighted by Gasteiger charge is -2.04. The molecule has 2 aromatic carbocycles. The average Bonchev–Trinajstić information content (AvgIpc) is 2.16. The summed E-state index contributed by atoms with van der Waals surface area (Å²) in [6, 6.07) is 12.2. The van der Waals surface area contributed by atoms with E-state index in [-0.39, 0.29) is 5.30 Å². The molecule has 0 aliphatic carbocycles. The summed E-state index contributed by atoms with van der Waals surface area (Å²) in [7, 11) is -4.12. The topological polar surface area (TPSA) is 57.5 Å². The van der Waals surface area contributed by atoms with Crippen molar-refractivity contribution in [3.63, 3.8) is 0 Å². The fraction of sp³-hybridized carbons (Fsp3) is 0. The summed E-state index contributed by atoms with van der Waals surface area (Å²) >= 11 is 0. The zero-order valence-corrected chi connectivity index (χ0v) is 8.19. The molecule has 2 aromatic rings. The first kappa shape index (κ1) is 9.41. The van der Waals surface area contributed by atoms with Gasteiger partial charge in [-0.2, -0.15) is 0 Å². The Morgan fingerprint density at radius 1 is 0.929 bits per heavy atom. The molecule has 0 unspecified atom stereocenters. The quantitative estimate of drug-likeness (QED) is 0.700. The predicted molar refractivity (Wildman–Crippen MR) is 55.6 cm³/mol. The first-order valence-electron chi connectivity index (χ1n) is 4.12. The van der Waals surface area contributed by atoms with E-state index >= 15 is 0 Å². The summed E-state index contributed by atoms with van der Waals surface area (Å²) in [6.45, 7) is 0. The summed E-state index contributed by atoms with van der Waals surface area (Å²) < 4.78 is 11.0. The van der Waals surface area contributed by atoms with Gasteiger partial charge in [-0.05, 0) is 22.9 Å². The molecular formula is C10H9O3P. The molecule has 72 valence electrons. The highest BCUT2D eigenvalue weighted by molar-refractivity contribution is 7.60. The number of hydrogen-bond acceptors (Lipinski definition) is 1. The monoisotopic (exact) mass is 208 g/mol. The summed E-state index contributed by atoms with van der Waals surface area (Å²) in [4.78, 5) is 17.9. The van der Waals surface area contributed by atoms with Crippen LogP contribution >= 0.6 is 7.60 Å². The van der Waals surface area contributed by atoms with E-state index in [2.05, 4.69) is 0 Å². The summed E-state index contributed by atoms with van der Waals surface area (Å²) in [5, 5.41) is 1.88. The first-order chi connectivity index (χ1) is 6.57. The molecule has 0 spiro atoms. The van der Waals surface area contributed by atoms with Crippen LogP contribution in [0.1, 0.15) is 0 Å². The van der Waals surface area contributed by atoms with Crippen molar-refractivity contribution < 1.29 is 14.4 Å². The van der Waals surface area contributed by atoms with Gasteiger partial charge in [0.05, 0.1) is 5.30 Å². The molecule has 2 rings (SSSR count). The summed E-state index contributed by atoms with van der Waals surface area (Å²) in [6.07, 6.45) is 0. The molecule has 2 N–H and O–H groups in total. The van der Waals surface area contributed by atoms with Crippen LogP contribution in [-0.4, -0.2) is 9.79 Å². The Balaban J connectivity index is 2.69. The maximum absolute atomic E-state index is 11.0. The van der Waals surface area contributed by atoms with Crippen LogP contribution in [0.5, 0.6) is 0 Å². The minimum Gasteiger partial charge on any atom is -0.321 e. The predicted octanol–water partition coefficient (Wildman–Crippen LogP) is 1.64. The van der Waals surface area contributed by atoms with E-state index in [9.17, 15) is 4.57 Å². The number of hydrogen-bond donors (Lipinski definition) is 2. The fourth-order valence-corrected chi connectivity index (χ4v) is 1.93. The third-order valence-electron chi connectivity index (χ3n) is 2.07. The Bertz CT molecular complexity index is 516. The maximum atomic E-state index is 11.0. The second-order valence-corrected chi connectivity index (χ2v) is 4.68. The fourth-order valence-electron chi connectivity index (χ4n) is 1.36. The maximum Gasteiger partial charge on any atom is 0.356 e. The van der Waals surface area contributed by atoms with Crippen LogP contribution in [0.2, 0.25) is 0 Å². The molecule has 4 heteroatoms. The van der Waals surface area contributed by atoms with Gasteiger partial charge in [0.2, 0.25) is 0 Å². The van der Waals surface area contributed by atoms with E-state index < -0.39 is 7.60 Å². The van der Waals surface area contributed by atoms with Crippen molar-refractivity contribution in [2.24, 2.45) is 0 Å². The van der Waals surface area contributed by atoms with Crippen LogP contribution in [0.4, 0.5) is 0 Å². The van der Waals surface area contributed by atoms with Crippen LogP contribution in [-0.2, 0) is 4.57 Å². The Labute approximate surface area is 81.2 Å². The van der Waals surface area contributed by atoms with E-state index in [4.69, 9.17) is 9.79 Å². The second-order valence-electron chi connectivity index (χ2n) is 3.08. The van der Waals surface area contributed by atoms with Crippen LogP contribution in [0, 0.1) is 0 Å². The van der Waals surface area contributed by atoms with E-state index in [0.717, 1.165) is 10.8 Å². The molecule has 0 heterocycles. The lowest BCUT2D eigenvalue weighted by Crippen LogP contribution is -2.02. The highest BCUT2D eigenvalue weighted by Crippen LogP contribution is 2.33. The van der Waals surface area contributed by atoms with Crippen molar-refractivity contribution in [1.82, 2.24) is 0 Å². The smallest absolute Gasteiger partial charge is 0.321 e. The molecule has 0 bridgehead atoms. The zero-order chi connectivity index (χ0) is 10.2. The number of fused-ring (bicyclic) bond motifs is 1. The molecule has 3 nitrogen and oxygen atoms in total. The molecule has 0 fully saturated rings. The standard InChI is InChI=1S/C10H9O3P/c11-14(12,13)10-6-5-8-3-1-2-4-9(8)7-10/h1-7H,(H2,11,12,13). The van der Waals surface area contributed by atoms with Crippen LogP contribution in [0.3, 0.4) is 0 Å². The van der Waals surface area contributed by atoms with E-state index in [0.29, 0.717) is 0 Å². The Morgan fingerprint density at radius 2 is 1.57 bits per heavy atom. The molecule has 14 heavy (non-hydrogen) atoms. The van der Waals surface area contributed by atoms with Crippen molar-refractivity contribution in [1.29, 1.82) is 0 Å². The van der Waals surface area contributed by atoms with Crippen molar-refractivity contribution >= 4 is 23.7 Å². The third kappa shape index (κ3) is 1.70. The minimum absolute atomic E-state index is 0.0659. The molecule has 0 amide bonds. The largest absolute Gasteiger partial charge is 0.356 e. The van der Waals surface area contributed by atoms with Crippen LogP contribution in [0.25, 0.3) is 10.8 Å². The lowest BCUT2D eigenvalue weighted by molar-refractivity contribution is 0.387.